The van der Waals surface area contributed by atoms with Gasteiger partial charge in [0.05, 0.1) is 31.3 Å². The fraction of sp³-hybridized carbons (Fsp3) is 0.860. The molecule has 0 saturated heterocycles. The normalized spacial score (nSPS) is 23.0. The zero-order valence-corrected chi connectivity index (χ0v) is 40.8. The highest BCUT2D eigenvalue weighted by Crippen LogP contribution is 2.47. The molecule has 0 aromatic carbocycles. The third-order valence-corrected chi connectivity index (χ3v) is 13.2. The van der Waals surface area contributed by atoms with Gasteiger partial charge in [-0.2, -0.15) is 0 Å². The second-order valence-corrected chi connectivity index (χ2v) is 19.6. The van der Waals surface area contributed by atoms with E-state index in [1.165, 1.54) is 134 Å². The number of rotatable bonds is 42. The maximum Gasteiger partial charge on any atom is 0.472 e. The molecule has 1 aliphatic rings. The molecule has 376 valence electrons. The van der Waals surface area contributed by atoms with Crippen molar-refractivity contribution in [3.05, 3.63) is 36.5 Å². The quantitative estimate of drug-likeness (QED) is 0.0159. The maximum atomic E-state index is 13.0. The number of aliphatic hydroxyl groups excluding tert-OH is 7. The first kappa shape index (κ1) is 60.5. The van der Waals surface area contributed by atoms with Gasteiger partial charge in [0.15, 0.2) is 0 Å². The first-order valence-electron chi connectivity index (χ1n) is 25.5. The first-order chi connectivity index (χ1) is 30.8. The molecule has 9 N–H and O–H groups in total. The molecule has 0 aromatic heterocycles. The van der Waals surface area contributed by atoms with Crippen molar-refractivity contribution in [2.75, 3.05) is 6.61 Å². The minimum absolute atomic E-state index is 0.253. The van der Waals surface area contributed by atoms with Gasteiger partial charge in [-0.05, 0) is 44.9 Å². The van der Waals surface area contributed by atoms with Gasteiger partial charge < -0.3 is 46.0 Å². The fourth-order valence-corrected chi connectivity index (χ4v) is 9.00. The molecule has 0 spiro atoms. The van der Waals surface area contributed by atoms with E-state index in [-0.39, 0.29) is 6.42 Å². The molecule has 1 amide bonds. The van der Waals surface area contributed by atoms with Gasteiger partial charge in [0.25, 0.3) is 0 Å². The summed E-state index contributed by atoms with van der Waals surface area (Å²) in [5.41, 5.74) is 0. The van der Waals surface area contributed by atoms with Crippen LogP contribution in [-0.2, 0) is 18.4 Å². The van der Waals surface area contributed by atoms with E-state index in [4.69, 9.17) is 9.05 Å². The molecule has 1 aliphatic carbocycles. The second kappa shape index (κ2) is 39.5. The van der Waals surface area contributed by atoms with E-state index < -0.39 is 75.2 Å². The first-order valence-corrected chi connectivity index (χ1v) is 27.0. The molecule has 0 heterocycles. The highest BCUT2D eigenvalue weighted by Gasteiger charge is 2.51. The lowest BCUT2D eigenvalue weighted by Crippen LogP contribution is -2.64. The molecule has 13 nitrogen and oxygen atoms in total. The van der Waals surface area contributed by atoms with E-state index in [2.05, 4.69) is 43.5 Å². The van der Waals surface area contributed by atoms with E-state index in [0.29, 0.717) is 19.3 Å². The SMILES string of the molecule is CCCCCCC/C=C/CC/C=C/CC/C=C/C(O)C(COP(=O)(O)OC1C(O)C(O)C(O)C(O)C1O)NC(=O)CC(O)CCCCCCCCCCCCCCCCCCCCC. The molecule has 0 aromatic rings. The summed E-state index contributed by atoms with van der Waals surface area (Å²) in [5.74, 6) is -0.605. The van der Waals surface area contributed by atoms with Gasteiger partial charge >= 0.3 is 7.82 Å². The Labute approximate surface area is 387 Å². The van der Waals surface area contributed by atoms with Gasteiger partial charge in [-0.3, -0.25) is 13.8 Å². The number of aliphatic hydroxyl groups is 7. The molecule has 8 unspecified atom stereocenters. The minimum atomic E-state index is -5.15. The van der Waals surface area contributed by atoms with Crippen molar-refractivity contribution in [1.82, 2.24) is 5.32 Å². The summed E-state index contributed by atoms with van der Waals surface area (Å²) in [7, 11) is -5.15. The number of carbonyl (C=O) groups is 1. The number of nitrogens with one attached hydrogen (secondary N) is 1. The van der Waals surface area contributed by atoms with Gasteiger partial charge in [-0.15, -0.1) is 0 Å². The fourth-order valence-electron chi connectivity index (χ4n) is 8.04. The van der Waals surface area contributed by atoms with E-state index >= 15 is 0 Å². The summed E-state index contributed by atoms with van der Waals surface area (Å²) in [6.45, 7) is 3.73. The third-order valence-electron chi connectivity index (χ3n) is 12.2. The number of unbranched alkanes of at least 4 members (excludes halogenated alkanes) is 25. The molecular formula is C50H94NO12P. The predicted molar refractivity (Wildman–Crippen MR) is 257 cm³/mol. The van der Waals surface area contributed by atoms with Gasteiger partial charge in [-0.1, -0.05) is 198 Å². The monoisotopic (exact) mass is 932 g/mol. The van der Waals surface area contributed by atoms with Crippen LogP contribution < -0.4 is 5.32 Å². The van der Waals surface area contributed by atoms with E-state index in [9.17, 15) is 50.0 Å². The van der Waals surface area contributed by atoms with E-state index in [1.54, 1.807) is 6.08 Å². The number of hydrogen-bond donors (Lipinski definition) is 9. The van der Waals surface area contributed by atoms with E-state index in [0.717, 1.165) is 44.9 Å². The molecule has 14 heteroatoms. The van der Waals surface area contributed by atoms with Crippen LogP contribution in [0.5, 0.6) is 0 Å². The smallest absolute Gasteiger partial charge is 0.393 e. The summed E-state index contributed by atoms with van der Waals surface area (Å²) < 4.78 is 22.9. The summed E-state index contributed by atoms with van der Waals surface area (Å²) in [5, 5.41) is 74.6. The van der Waals surface area contributed by atoms with Crippen molar-refractivity contribution in [3.63, 3.8) is 0 Å². The zero-order valence-electron chi connectivity index (χ0n) is 39.9. The van der Waals surface area contributed by atoms with Crippen LogP contribution in [0.1, 0.15) is 213 Å². The Balaban J connectivity index is 2.50. The van der Waals surface area contributed by atoms with Crippen LogP contribution in [0.25, 0.3) is 0 Å². The topological polar surface area (TPSA) is 226 Å². The van der Waals surface area contributed by atoms with Crippen LogP contribution in [0.15, 0.2) is 36.5 Å². The van der Waals surface area contributed by atoms with Crippen LogP contribution in [0.3, 0.4) is 0 Å². The number of phosphoric ester groups is 1. The summed E-state index contributed by atoms with van der Waals surface area (Å²) >= 11 is 0. The maximum absolute atomic E-state index is 13.0. The number of amides is 1. The lowest BCUT2D eigenvalue weighted by atomic mass is 9.85. The Bertz CT molecular complexity index is 1240. The Kier molecular flexibility index (Phi) is 37.4. The highest BCUT2D eigenvalue weighted by molar-refractivity contribution is 7.47. The molecule has 0 radical (unpaired) electrons. The Morgan fingerprint density at radius 2 is 0.922 bits per heavy atom. The van der Waals surface area contributed by atoms with Crippen LogP contribution >= 0.6 is 7.82 Å². The zero-order chi connectivity index (χ0) is 47.3. The van der Waals surface area contributed by atoms with Crippen LogP contribution in [0.4, 0.5) is 0 Å². The second-order valence-electron chi connectivity index (χ2n) is 18.2. The predicted octanol–water partition coefficient (Wildman–Crippen LogP) is 9.31. The minimum Gasteiger partial charge on any atom is -0.393 e. The molecular weight excluding hydrogens is 838 g/mol. The Morgan fingerprint density at radius 1 is 0.547 bits per heavy atom. The number of hydrogen-bond acceptors (Lipinski definition) is 11. The van der Waals surface area contributed by atoms with Gasteiger partial charge in [-0.25, -0.2) is 4.57 Å². The van der Waals surface area contributed by atoms with Crippen molar-refractivity contribution in [3.8, 4) is 0 Å². The lowest BCUT2D eigenvalue weighted by Gasteiger charge is -2.41. The number of carbonyl (C=O) groups excluding carboxylic acids is 1. The molecule has 1 saturated carbocycles. The average molecular weight is 932 g/mol. The summed E-state index contributed by atoms with van der Waals surface area (Å²) in [4.78, 5) is 23.5. The largest absolute Gasteiger partial charge is 0.472 e. The van der Waals surface area contributed by atoms with Crippen molar-refractivity contribution in [1.29, 1.82) is 0 Å². The molecule has 8 atom stereocenters. The molecule has 0 bridgehead atoms. The average Bonchev–Trinajstić information content (AvgIpc) is 3.27. The van der Waals surface area contributed by atoms with Gasteiger partial charge in [0.2, 0.25) is 5.91 Å². The van der Waals surface area contributed by atoms with Crippen molar-refractivity contribution < 1.29 is 59.0 Å². The van der Waals surface area contributed by atoms with Crippen LogP contribution in [-0.4, -0.2) is 108 Å². The standard InChI is InChI=1S/C50H94NO12P/c1-3-5-7-9-11-13-15-17-19-20-21-22-24-25-27-29-31-33-35-37-41(52)39-44(54)51-42(40-62-64(60,61)63-50-48(58)46(56)45(55)47(57)49(50)59)43(53)38-36-34-32-30-28-26-23-18-16-14-12-10-8-6-4-2/h16,18,28,30,36,38,41-43,45-50,52-53,55-59H,3-15,17,19-27,29,31-35,37,39-40H2,1-2H3,(H,51,54)(H,60,61)/b18-16+,30-28+,38-36+. The molecule has 0 aliphatic heterocycles. The lowest BCUT2D eigenvalue weighted by molar-refractivity contribution is -0.220. The summed E-state index contributed by atoms with van der Waals surface area (Å²) in [6.07, 6.45) is 32.3. The Morgan fingerprint density at radius 3 is 1.38 bits per heavy atom. The summed E-state index contributed by atoms with van der Waals surface area (Å²) in [6, 6.07) is -1.26. The van der Waals surface area contributed by atoms with Crippen LogP contribution in [0, 0.1) is 0 Å². The molecule has 1 fully saturated rings. The van der Waals surface area contributed by atoms with E-state index in [1.807, 2.05) is 0 Å². The highest BCUT2D eigenvalue weighted by atomic mass is 31.2. The van der Waals surface area contributed by atoms with Crippen molar-refractivity contribution in [2.45, 2.75) is 268 Å². The van der Waals surface area contributed by atoms with Gasteiger partial charge in [0.1, 0.15) is 36.6 Å². The number of phosphoric acid groups is 1. The molecule has 1 rings (SSSR count). The van der Waals surface area contributed by atoms with Crippen LogP contribution in [0.2, 0.25) is 0 Å². The third kappa shape index (κ3) is 30.7. The molecule has 64 heavy (non-hydrogen) atoms. The van der Waals surface area contributed by atoms with Crippen molar-refractivity contribution >= 4 is 13.7 Å². The van der Waals surface area contributed by atoms with Crippen molar-refractivity contribution in [2.24, 2.45) is 0 Å². The number of allylic oxidation sites excluding steroid dienone is 5. The van der Waals surface area contributed by atoms with Gasteiger partial charge in [0, 0.05) is 0 Å². The Hall–Kier alpha value is -1.48.